The van der Waals surface area contributed by atoms with Crippen molar-refractivity contribution >= 4 is 63.4 Å². The van der Waals surface area contributed by atoms with Crippen molar-refractivity contribution in [3.05, 3.63) is 102 Å². The molecule has 0 spiro atoms. The second kappa shape index (κ2) is 9.79. The summed E-state index contributed by atoms with van der Waals surface area (Å²) in [5, 5.41) is 5.89. The first-order valence-corrected chi connectivity index (χ1v) is 11.8. The quantitative estimate of drug-likeness (QED) is 0.233. The number of nitrogens with one attached hydrogen (secondary N) is 2. The Morgan fingerprint density at radius 1 is 1.05 bits per heavy atom. The van der Waals surface area contributed by atoms with Crippen LogP contribution in [0.5, 0.6) is 0 Å². The second-order valence-electron chi connectivity index (χ2n) is 8.56. The highest BCUT2D eigenvalue weighted by molar-refractivity contribution is 7.80. The zero-order chi connectivity index (χ0) is 26.1. The van der Waals surface area contributed by atoms with Gasteiger partial charge in [0.15, 0.2) is 5.11 Å². The second-order valence-corrected chi connectivity index (χ2v) is 8.94. The van der Waals surface area contributed by atoms with Crippen molar-refractivity contribution in [2.45, 2.75) is 13.5 Å². The normalized spacial score (nSPS) is 14.8. The lowest BCUT2D eigenvalue weighted by molar-refractivity contribution is -0.122. The highest BCUT2D eigenvalue weighted by atomic mass is 32.1. The number of aryl methyl sites for hydroxylation is 1. The third-order valence-electron chi connectivity index (χ3n) is 5.93. The van der Waals surface area contributed by atoms with Crippen LogP contribution in [-0.4, -0.2) is 27.4 Å². The number of thiocarbonyl (C=S) groups is 1. The summed E-state index contributed by atoms with van der Waals surface area (Å²) < 4.78 is 16.2. The number of carbonyl (C=O) groups excluding carboxylic acids is 3. The van der Waals surface area contributed by atoms with E-state index < -0.39 is 17.6 Å². The number of benzene rings is 3. The minimum atomic E-state index is -0.743. The lowest BCUT2D eigenvalue weighted by atomic mass is 10.1. The van der Waals surface area contributed by atoms with Crippen LogP contribution in [0.15, 0.2) is 84.6 Å². The van der Waals surface area contributed by atoms with Crippen LogP contribution in [0.25, 0.3) is 17.0 Å². The van der Waals surface area contributed by atoms with Crippen LogP contribution in [0.3, 0.4) is 0 Å². The molecule has 0 unspecified atom stereocenters. The van der Waals surface area contributed by atoms with Crippen LogP contribution in [0.2, 0.25) is 0 Å². The summed E-state index contributed by atoms with van der Waals surface area (Å²) in [5.74, 6) is -2.30. The number of nitrogens with zero attached hydrogens (tertiary/aromatic N) is 2. The van der Waals surface area contributed by atoms with Gasteiger partial charge in [0.2, 0.25) is 5.91 Å². The van der Waals surface area contributed by atoms with Crippen molar-refractivity contribution in [3.8, 4) is 0 Å². The Hall–Kier alpha value is -4.63. The molecule has 3 aromatic carbocycles. The summed E-state index contributed by atoms with van der Waals surface area (Å²) in [6.07, 6.45) is 3.14. The van der Waals surface area contributed by atoms with Crippen LogP contribution < -0.4 is 15.5 Å². The number of aromatic nitrogens is 1. The predicted molar refractivity (Wildman–Crippen MR) is 144 cm³/mol. The van der Waals surface area contributed by atoms with E-state index in [0.717, 1.165) is 21.4 Å². The summed E-state index contributed by atoms with van der Waals surface area (Å²) in [4.78, 5) is 39.8. The molecule has 7 nitrogen and oxygen atoms in total. The third-order valence-corrected chi connectivity index (χ3v) is 6.21. The number of para-hydroxylation sites is 2. The van der Waals surface area contributed by atoms with E-state index >= 15 is 0 Å². The van der Waals surface area contributed by atoms with Gasteiger partial charge in [-0.3, -0.25) is 19.7 Å². The number of hydrogen-bond donors (Lipinski definition) is 2. The first-order valence-electron chi connectivity index (χ1n) is 11.4. The largest absolute Gasteiger partial charge is 0.337 e. The van der Waals surface area contributed by atoms with E-state index in [0.29, 0.717) is 11.3 Å². The van der Waals surface area contributed by atoms with E-state index in [2.05, 4.69) is 10.6 Å². The van der Waals surface area contributed by atoms with Gasteiger partial charge in [0.1, 0.15) is 17.9 Å². The topological polar surface area (TPSA) is 83.4 Å². The summed E-state index contributed by atoms with van der Waals surface area (Å²) in [5.41, 5.74) is 2.76. The van der Waals surface area contributed by atoms with Crippen molar-refractivity contribution in [1.82, 2.24) is 9.88 Å². The molecule has 37 heavy (non-hydrogen) atoms. The van der Waals surface area contributed by atoms with Crippen molar-refractivity contribution < 1.29 is 18.8 Å². The third kappa shape index (κ3) is 4.76. The molecular formula is C28H21FN4O3S. The molecule has 5 rings (SSSR count). The number of carbonyl (C=O) groups is 3. The lowest BCUT2D eigenvalue weighted by Crippen LogP contribution is -2.54. The van der Waals surface area contributed by atoms with E-state index in [4.69, 9.17) is 12.2 Å². The minimum Gasteiger partial charge on any atom is -0.337 e. The van der Waals surface area contributed by atoms with Gasteiger partial charge in [0, 0.05) is 28.4 Å². The summed E-state index contributed by atoms with van der Waals surface area (Å²) in [6.45, 7) is 1.96. The van der Waals surface area contributed by atoms with E-state index in [9.17, 15) is 18.8 Å². The lowest BCUT2D eigenvalue weighted by Gasteiger charge is -2.29. The average Bonchev–Trinajstić information content (AvgIpc) is 3.20. The molecule has 1 fully saturated rings. The summed E-state index contributed by atoms with van der Waals surface area (Å²) in [6, 6.07) is 20.5. The molecular weight excluding hydrogens is 491 g/mol. The molecule has 0 radical (unpaired) electrons. The number of amides is 3. The first-order chi connectivity index (χ1) is 17.8. The Morgan fingerprint density at radius 2 is 1.81 bits per heavy atom. The van der Waals surface area contributed by atoms with Crippen LogP contribution in [0.1, 0.15) is 11.1 Å². The molecule has 9 heteroatoms. The van der Waals surface area contributed by atoms with Crippen LogP contribution in [0, 0.1) is 12.7 Å². The smallest absolute Gasteiger partial charge is 0.270 e. The van der Waals surface area contributed by atoms with Crippen LogP contribution in [0.4, 0.5) is 15.8 Å². The molecule has 2 N–H and O–H groups in total. The molecule has 1 aliphatic rings. The molecule has 1 aliphatic heterocycles. The van der Waals surface area contributed by atoms with Gasteiger partial charge in [-0.2, -0.15) is 0 Å². The summed E-state index contributed by atoms with van der Waals surface area (Å²) in [7, 11) is 0. The molecule has 2 heterocycles. The Morgan fingerprint density at radius 3 is 2.59 bits per heavy atom. The molecule has 1 aromatic heterocycles. The minimum absolute atomic E-state index is 0.0171. The Labute approximate surface area is 217 Å². The fraction of sp³-hybridized carbons (Fsp3) is 0.0714. The fourth-order valence-electron chi connectivity index (χ4n) is 4.26. The van der Waals surface area contributed by atoms with E-state index in [-0.39, 0.29) is 28.8 Å². The molecule has 0 saturated carbocycles. The number of hydrogen-bond acceptors (Lipinski definition) is 4. The number of halogens is 1. The van der Waals surface area contributed by atoms with Gasteiger partial charge in [-0.15, -0.1) is 0 Å². The molecule has 4 aromatic rings. The number of anilines is 2. The highest BCUT2D eigenvalue weighted by Crippen LogP contribution is 2.28. The van der Waals surface area contributed by atoms with Crippen LogP contribution in [-0.2, 0) is 20.9 Å². The number of rotatable bonds is 5. The first kappa shape index (κ1) is 24.1. The average molecular weight is 513 g/mol. The van der Waals surface area contributed by atoms with E-state index in [1.807, 2.05) is 55.5 Å². The Bertz CT molecular complexity index is 1620. The highest BCUT2D eigenvalue weighted by Gasteiger charge is 2.35. The van der Waals surface area contributed by atoms with Crippen molar-refractivity contribution in [2.24, 2.45) is 0 Å². The Kier molecular flexibility index (Phi) is 6.37. The van der Waals surface area contributed by atoms with E-state index in [1.54, 1.807) is 16.8 Å². The SMILES string of the molecule is Cc1cccc(NC(=O)Cn2cc(/C=C3\C(=O)NC(=S)N(c4ccccc4F)C3=O)c3ccccc32)c1. The van der Waals surface area contributed by atoms with Crippen molar-refractivity contribution in [1.29, 1.82) is 0 Å². The van der Waals surface area contributed by atoms with Gasteiger partial charge in [0.05, 0.1) is 5.69 Å². The maximum atomic E-state index is 14.5. The Balaban J connectivity index is 1.49. The van der Waals surface area contributed by atoms with Gasteiger partial charge in [-0.25, -0.2) is 9.29 Å². The van der Waals surface area contributed by atoms with Gasteiger partial charge in [-0.05, 0) is 61.1 Å². The zero-order valence-electron chi connectivity index (χ0n) is 19.7. The zero-order valence-corrected chi connectivity index (χ0v) is 20.5. The fourth-order valence-corrected chi connectivity index (χ4v) is 4.54. The maximum Gasteiger partial charge on any atom is 0.270 e. The maximum absolute atomic E-state index is 14.5. The van der Waals surface area contributed by atoms with Gasteiger partial charge in [-0.1, -0.05) is 42.5 Å². The molecule has 0 bridgehead atoms. The van der Waals surface area contributed by atoms with E-state index in [1.165, 1.54) is 24.3 Å². The van der Waals surface area contributed by atoms with Gasteiger partial charge < -0.3 is 9.88 Å². The number of fused-ring (bicyclic) bond motifs is 1. The van der Waals surface area contributed by atoms with Crippen molar-refractivity contribution in [3.63, 3.8) is 0 Å². The predicted octanol–water partition coefficient (Wildman–Crippen LogP) is 4.56. The standard InChI is InChI=1S/C28H21FN4O3S/c1-17-7-6-8-19(13-17)30-25(34)16-32-15-18(20-9-2-4-11-23(20)32)14-21-26(35)31-28(37)33(27(21)36)24-12-5-3-10-22(24)29/h2-15H,16H2,1H3,(H,30,34)(H,31,35,37)/b21-14+. The van der Waals surface area contributed by atoms with Gasteiger partial charge in [0.25, 0.3) is 11.8 Å². The van der Waals surface area contributed by atoms with Gasteiger partial charge >= 0.3 is 0 Å². The molecule has 1 saturated heterocycles. The summed E-state index contributed by atoms with van der Waals surface area (Å²) >= 11 is 5.16. The molecule has 0 aliphatic carbocycles. The monoisotopic (exact) mass is 512 g/mol. The van der Waals surface area contributed by atoms with Crippen molar-refractivity contribution in [2.75, 3.05) is 10.2 Å². The molecule has 0 atom stereocenters. The van der Waals surface area contributed by atoms with Crippen LogP contribution >= 0.6 is 12.2 Å². The molecule has 184 valence electrons. The molecule has 3 amide bonds.